The van der Waals surface area contributed by atoms with E-state index in [9.17, 15) is 4.39 Å². The number of nitriles is 1. The van der Waals surface area contributed by atoms with Crippen molar-refractivity contribution in [3.05, 3.63) is 53.1 Å². The lowest BCUT2D eigenvalue weighted by molar-refractivity contribution is 0.620. The van der Waals surface area contributed by atoms with Crippen LogP contribution in [0.25, 0.3) is 0 Å². The number of hydrogen-bond donors (Lipinski definition) is 0. The summed E-state index contributed by atoms with van der Waals surface area (Å²) in [5, 5.41) is 13.0. The van der Waals surface area contributed by atoms with Crippen LogP contribution in [0.15, 0.2) is 30.6 Å². The Kier molecular flexibility index (Phi) is 3.42. The summed E-state index contributed by atoms with van der Waals surface area (Å²) in [5.74, 6) is -0.0498. The van der Waals surface area contributed by atoms with Gasteiger partial charge in [-0.15, -0.1) is 0 Å². The Morgan fingerprint density at radius 1 is 1.44 bits per heavy atom. The number of rotatable bonds is 3. The minimum atomic E-state index is -0.482. The fraction of sp³-hybridized carbons (Fsp3) is 0.286. The Hall–Kier alpha value is -2.15. The highest BCUT2D eigenvalue weighted by Gasteiger charge is 2.06. The SMILES string of the molecule is CC(C)c1cnn(Cc2ccc(F)c(C#N)c2)c1. The molecule has 0 aliphatic carbocycles. The normalized spacial score (nSPS) is 10.6. The van der Waals surface area contributed by atoms with Crippen molar-refractivity contribution in [2.75, 3.05) is 0 Å². The molecule has 3 nitrogen and oxygen atoms in total. The summed E-state index contributed by atoms with van der Waals surface area (Å²) in [5.41, 5.74) is 2.10. The maximum atomic E-state index is 13.2. The summed E-state index contributed by atoms with van der Waals surface area (Å²) < 4.78 is 15.0. The second kappa shape index (κ2) is 5.01. The number of nitrogens with zero attached hydrogens (tertiary/aromatic N) is 3. The van der Waals surface area contributed by atoms with E-state index in [-0.39, 0.29) is 5.56 Å². The van der Waals surface area contributed by atoms with Gasteiger partial charge in [-0.3, -0.25) is 4.68 Å². The largest absolute Gasteiger partial charge is 0.268 e. The second-order valence-corrected chi connectivity index (χ2v) is 4.55. The predicted octanol–water partition coefficient (Wildman–Crippen LogP) is 3.07. The van der Waals surface area contributed by atoms with Gasteiger partial charge in [0.25, 0.3) is 0 Å². The predicted molar refractivity (Wildman–Crippen MR) is 66.5 cm³/mol. The van der Waals surface area contributed by atoms with Crippen molar-refractivity contribution in [1.29, 1.82) is 5.26 Å². The zero-order chi connectivity index (χ0) is 13.1. The monoisotopic (exact) mass is 243 g/mol. The number of benzene rings is 1. The lowest BCUT2D eigenvalue weighted by Crippen LogP contribution is -2.01. The summed E-state index contributed by atoms with van der Waals surface area (Å²) in [6, 6.07) is 6.40. The van der Waals surface area contributed by atoms with Crippen LogP contribution < -0.4 is 0 Å². The number of halogens is 1. The average molecular weight is 243 g/mol. The van der Waals surface area contributed by atoms with E-state index in [0.29, 0.717) is 12.5 Å². The first-order valence-corrected chi connectivity index (χ1v) is 5.81. The quantitative estimate of drug-likeness (QED) is 0.831. The molecule has 0 radical (unpaired) electrons. The van der Waals surface area contributed by atoms with Gasteiger partial charge in [0.1, 0.15) is 11.9 Å². The van der Waals surface area contributed by atoms with Crippen LogP contribution in [0.1, 0.15) is 36.5 Å². The maximum absolute atomic E-state index is 13.2. The van der Waals surface area contributed by atoms with Crippen molar-refractivity contribution in [2.24, 2.45) is 0 Å². The minimum absolute atomic E-state index is 0.0729. The topological polar surface area (TPSA) is 41.6 Å². The van der Waals surface area contributed by atoms with Crippen LogP contribution in [-0.4, -0.2) is 9.78 Å². The van der Waals surface area contributed by atoms with Crippen LogP contribution in [0.4, 0.5) is 4.39 Å². The van der Waals surface area contributed by atoms with Gasteiger partial charge in [-0.2, -0.15) is 10.4 Å². The van der Waals surface area contributed by atoms with E-state index in [1.807, 2.05) is 18.5 Å². The lowest BCUT2D eigenvalue weighted by Gasteiger charge is -2.03. The van der Waals surface area contributed by atoms with Crippen molar-refractivity contribution in [3.63, 3.8) is 0 Å². The Morgan fingerprint density at radius 2 is 2.22 bits per heavy atom. The number of hydrogen-bond acceptors (Lipinski definition) is 2. The summed E-state index contributed by atoms with van der Waals surface area (Å²) in [7, 11) is 0. The molecule has 0 amide bonds. The molecule has 1 heterocycles. The first-order chi connectivity index (χ1) is 8.60. The summed E-state index contributed by atoms with van der Waals surface area (Å²) in [4.78, 5) is 0. The molecule has 1 aromatic heterocycles. The van der Waals surface area contributed by atoms with Crippen LogP contribution in [0.2, 0.25) is 0 Å². The van der Waals surface area contributed by atoms with Gasteiger partial charge in [0, 0.05) is 6.20 Å². The van der Waals surface area contributed by atoms with E-state index in [0.717, 1.165) is 11.1 Å². The fourth-order valence-electron chi connectivity index (χ4n) is 1.71. The third-order valence-electron chi connectivity index (χ3n) is 2.82. The fourth-order valence-corrected chi connectivity index (χ4v) is 1.71. The van der Waals surface area contributed by atoms with E-state index in [4.69, 9.17) is 5.26 Å². The van der Waals surface area contributed by atoms with Crippen LogP contribution in [-0.2, 0) is 6.54 Å². The molecule has 0 aliphatic rings. The van der Waals surface area contributed by atoms with Gasteiger partial charge in [-0.1, -0.05) is 19.9 Å². The molecule has 2 rings (SSSR count). The molecule has 0 aliphatic heterocycles. The Morgan fingerprint density at radius 3 is 2.83 bits per heavy atom. The Labute approximate surface area is 105 Å². The molecule has 0 N–H and O–H groups in total. The highest BCUT2D eigenvalue weighted by atomic mass is 19.1. The van der Waals surface area contributed by atoms with Crippen LogP contribution >= 0.6 is 0 Å². The average Bonchev–Trinajstić information content (AvgIpc) is 2.80. The van der Waals surface area contributed by atoms with E-state index in [1.54, 1.807) is 16.8 Å². The van der Waals surface area contributed by atoms with E-state index in [1.165, 1.54) is 6.07 Å². The highest BCUT2D eigenvalue weighted by Crippen LogP contribution is 2.14. The lowest BCUT2D eigenvalue weighted by atomic mass is 10.1. The molecule has 1 aromatic carbocycles. The van der Waals surface area contributed by atoms with E-state index in [2.05, 4.69) is 18.9 Å². The first-order valence-electron chi connectivity index (χ1n) is 5.81. The Balaban J connectivity index is 2.21. The van der Waals surface area contributed by atoms with E-state index < -0.39 is 5.82 Å². The minimum Gasteiger partial charge on any atom is -0.268 e. The second-order valence-electron chi connectivity index (χ2n) is 4.55. The van der Waals surface area contributed by atoms with Crippen molar-refractivity contribution in [2.45, 2.75) is 26.3 Å². The summed E-state index contributed by atoms with van der Waals surface area (Å²) in [6.07, 6.45) is 3.81. The van der Waals surface area contributed by atoms with Crippen LogP contribution in [0.3, 0.4) is 0 Å². The molecule has 0 saturated carbocycles. The van der Waals surface area contributed by atoms with Crippen molar-refractivity contribution < 1.29 is 4.39 Å². The summed E-state index contributed by atoms with van der Waals surface area (Å²) >= 11 is 0. The van der Waals surface area contributed by atoms with Gasteiger partial charge in [0.05, 0.1) is 18.3 Å². The molecule has 0 unspecified atom stereocenters. The van der Waals surface area contributed by atoms with Gasteiger partial charge in [0.2, 0.25) is 0 Å². The molecule has 0 atom stereocenters. The van der Waals surface area contributed by atoms with Gasteiger partial charge >= 0.3 is 0 Å². The van der Waals surface area contributed by atoms with Crippen molar-refractivity contribution in [3.8, 4) is 6.07 Å². The molecule has 0 spiro atoms. The smallest absolute Gasteiger partial charge is 0.140 e. The third-order valence-corrected chi connectivity index (χ3v) is 2.82. The third kappa shape index (κ3) is 2.57. The molecular weight excluding hydrogens is 229 g/mol. The molecule has 4 heteroatoms. The molecule has 0 fully saturated rings. The van der Waals surface area contributed by atoms with Gasteiger partial charge in [-0.05, 0) is 29.2 Å². The molecule has 92 valence electrons. The van der Waals surface area contributed by atoms with E-state index >= 15 is 0 Å². The molecule has 0 bridgehead atoms. The van der Waals surface area contributed by atoms with Gasteiger partial charge < -0.3 is 0 Å². The standard InChI is InChI=1S/C14H14FN3/c1-10(2)13-7-17-18(9-13)8-11-3-4-14(15)12(5-11)6-16/h3-5,7,9-10H,8H2,1-2H3. The summed E-state index contributed by atoms with van der Waals surface area (Å²) in [6.45, 7) is 4.75. The number of aromatic nitrogens is 2. The molecule has 18 heavy (non-hydrogen) atoms. The van der Waals surface area contributed by atoms with Crippen molar-refractivity contribution >= 4 is 0 Å². The molecule has 2 aromatic rings. The zero-order valence-electron chi connectivity index (χ0n) is 10.4. The molecule has 0 saturated heterocycles. The van der Waals surface area contributed by atoms with Gasteiger partial charge in [0.15, 0.2) is 0 Å². The zero-order valence-corrected chi connectivity index (χ0v) is 10.4. The molecular formula is C14H14FN3. The first kappa shape index (κ1) is 12.3. The maximum Gasteiger partial charge on any atom is 0.140 e. The van der Waals surface area contributed by atoms with Gasteiger partial charge in [-0.25, -0.2) is 4.39 Å². The van der Waals surface area contributed by atoms with Crippen LogP contribution in [0, 0.1) is 17.1 Å². The van der Waals surface area contributed by atoms with Crippen LogP contribution in [0.5, 0.6) is 0 Å². The Bertz CT molecular complexity index is 593. The van der Waals surface area contributed by atoms with Crippen molar-refractivity contribution in [1.82, 2.24) is 9.78 Å². The highest BCUT2D eigenvalue weighted by molar-refractivity contribution is 5.34.